The normalized spacial score (nSPS) is 12.6. The van der Waals surface area contributed by atoms with Gasteiger partial charge in [0.2, 0.25) is 0 Å². The van der Waals surface area contributed by atoms with E-state index >= 15 is 0 Å². The Bertz CT molecular complexity index is 384. The van der Waals surface area contributed by atoms with E-state index in [0.29, 0.717) is 6.54 Å². The summed E-state index contributed by atoms with van der Waals surface area (Å²) in [5.74, 6) is 0.874. The molecule has 0 amide bonds. The Kier molecular flexibility index (Phi) is 9.06. The Hall–Kier alpha value is -1.10. The van der Waals surface area contributed by atoms with E-state index in [1.165, 1.54) is 5.56 Å². The van der Waals surface area contributed by atoms with Crippen molar-refractivity contribution in [3.8, 4) is 5.75 Å². The van der Waals surface area contributed by atoms with Crippen LogP contribution in [0.5, 0.6) is 5.75 Å². The SMILES string of the molecule is CCCC(O)CN(CCCOC)Cc1cccc(OC)c1. The van der Waals surface area contributed by atoms with Crippen LogP contribution in [0.3, 0.4) is 0 Å². The van der Waals surface area contributed by atoms with E-state index in [1.54, 1.807) is 14.2 Å². The second-order valence-corrected chi connectivity index (χ2v) is 5.38. The van der Waals surface area contributed by atoms with Gasteiger partial charge in [-0.3, -0.25) is 4.90 Å². The molecule has 1 atom stereocenters. The van der Waals surface area contributed by atoms with Crippen molar-refractivity contribution in [2.45, 2.75) is 38.8 Å². The quantitative estimate of drug-likeness (QED) is 0.637. The molecule has 1 aromatic carbocycles. The zero-order valence-electron chi connectivity index (χ0n) is 13.5. The number of benzene rings is 1. The van der Waals surface area contributed by atoms with Gasteiger partial charge in [0, 0.05) is 33.4 Å². The minimum Gasteiger partial charge on any atom is -0.497 e. The van der Waals surface area contributed by atoms with Crippen LogP contribution in [0.15, 0.2) is 24.3 Å². The Balaban J connectivity index is 2.60. The average molecular weight is 295 g/mol. The third-order valence-corrected chi connectivity index (χ3v) is 3.45. The fourth-order valence-corrected chi connectivity index (χ4v) is 2.42. The molecule has 1 unspecified atom stereocenters. The van der Waals surface area contributed by atoms with Gasteiger partial charge in [-0.1, -0.05) is 25.5 Å². The molecule has 0 aliphatic carbocycles. The number of ether oxygens (including phenoxy) is 2. The highest BCUT2D eigenvalue weighted by Crippen LogP contribution is 2.15. The van der Waals surface area contributed by atoms with Crippen LogP contribution in [0, 0.1) is 0 Å². The van der Waals surface area contributed by atoms with Crippen molar-refractivity contribution in [1.82, 2.24) is 4.90 Å². The zero-order chi connectivity index (χ0) is 15.5. The topological polar surface area (TPSA) is 41.9 Å². The summed E-state index contributed by atoms with van der Waals surface area (Å²) in [4.78, 5) is 2.29. The molecule has 21 heavy (non-hydrogen) atoms. The lowest BCUT2D eigenvalue weighted by Gasteiger charge is -2.25. The molecule has 0 fully saturated rings. The molecule has 4 heteroatoms. The Morgan fingerprint density at radius 1 is 1.29 bits per heavy atom. The van der Waals surface area contributed by atoms with Crippen LogP contribution < -0.4 is 4.74 Å². The van der Waals surface area contributed by atoms with Crippen LogP contribution in [0.1, 0.15) is 31.7 Å². The Morgan fingerprint density at radius 3 is 2.76 bits per heavy atom. The molecule has 0 spiro atoms. The van der Waals surface area contributed by atoms with E-state index < -0.39 is 0 Å². The molecule has 0 radical (unpaired) electrons. The maximum absolute atomic E-state index is 10.1. The summed E-state index contributed by atoms with van der Waals surface area (Å²) < 4.78 is 10.4. The van der Waals surface area contributed by atoms with Crippen molar-refractivity contribution in [3.05, 3.63) is 29.8 Å². The van der Waals surface area contributed by atoms with Crippen molar-refractivity contribution in [1.29, 1.82) is 0 Å². The standard InChI is InChI=1S/C17H29NO3/c1-4-7-16(19)14-18(10-6-11-20-2)13-15-8-5-9-17(12-15)21-3/h5,8-9,12,16,19H,4,6-7,10-11,13-14H2,1-3H3. The van der Waals surface area contributed by atoms with Gasteiger partial charge in [-0.05, 0) is 30.5 Å². The lowest BCUT2D eigenvalue weighted by Crippen LogP contribution is -2.33. The van der Waals surface area contributed by atoms with Crippen LogP contribution in [0.25, 0.3) is 0 Å². The molecular formula is C17H29NO3. The monoisotopic (exact) mass is 295 g/mol. The van der Waals surface area contributed by atoms with Crippen LogP contribution in [-0.4, -0.2) is 50.0 Å². The van der Waals surface area contributed by atoms with Crippen molar-refractivity contribution in [3.63, 3.8) is 0 Å². The van der Waals surface area contributed by atoms with Gasteiger partial charge < -0.3 is 14.6 Å². The Labute approximate surface area is 128 Å². The largest absolute Gasteiger partial charge is 0.497 e. The molecule has 0 saturated heterocycles. The summed E-state index contributed by atoms with van der Waals surface area (Å²) in [5.41, 5.74) is 1.20. The van der Waals surface area contributed by atoms with Crippen molar-refractivity contribution in [2.24, 2.45) is 0 Å². The van der Waals surface area contributed by atoms with Crippen LogP contribution in [0.4, 0.5) is 0 Å². The molecule has 4 nitrogen and oxygen atoms in total. The number of aliphatic hydroxyl groups is 1. The van der Waals surface area contributed by atoms with Crippen LogP contribution in [-0.2, 0) is 11.3 Å². The van der Waals surface area contributed by atoms with Gasteiger partial charge in [0.15, 0.2) is 0 Å². The molecule has 1 N–H and O–H groups in total. The molecule has 0 bridgehead atoms. The predicted octanol–water partition coefficient (Wildman–Crippen LogP) is 2.69. The first-order valence-electron chi connectivity index (χ1n) is 7.71. The molecule has 0 aromatic heterocycles. The van der Waals surface area contributed by atoms with E-state index in [-0.39, 0.29) is 6.10 Å². The first-order chi connectivity index (χ1) is 10.2. The first-order valence-corrected chi connectivity index (χ1v) is 7.71. The summed E-state index contributed by atoms with van der Waals surface area (Å²) in [6.07, 6.45) is 2.56. The molecule has 0 aliphatic rings. The average Bonchev–Trinajstić information content (AvgIpc) is 2.48. The molecule has 120 valence electrons. The van der Waals surface area contributed by atoms with Gasteiger partial charge in [-0.25, -0.2) is 0 Å². The summed E-state index contributed by atoms with van der Waals surface area (Å²) in [7, 11) is 3.40. The predicted molar refractivity (Wildman–Crippen MR) is 85.7 cm³/mol. The van der Waals surface area contributed by atoms with Gasteiger partial charge in [0.05, 0.1) is 13.2 Å². The first kappa shape index (κ1) is 18.0. The van der Waals surface area contributed by atoms with Crippen molar-refractivity contribution >= 4 is 0 Å². The number of nitrogens with zero attached hydrogens (tertiary/aromatic N) is 1. The van der Waals surface area contributed by atoms with Crippen molar-refractivity contribution in [2.75, 3.05) is 33.9 Å². The second kappa shape index (κ2) is 10.6. The van der Waals surface area contributed by atoms with E-state index in [2.05, 4.69) is 24.0 Å². The number of methoxy groups -OCH3 is 2. The summed E-state index contributed by atoms with van der Waals surface area (Å²) in [6, 6.07) is 8.10. The molecular weight excluding hydrogens is 266 g/mol. The molecule has 0 aliphatic heterocycles. The maximum Gasteiger partial charge on any atom is 0.119 e. The van der Waals surface area contributed by atoms with Gasteiger partial charge in [0.1, 0.15) is 5.75 Å². The van der Waals surface area contributed by atoms with Gasteiger partial charge >= 0.3 is 0 Å². The number of aliphatic hydroxyl groups excluding tert-OH is 1. The van der Waals surface area contributed by atoms with Gasteiger partial charge in [-0.15, -0.1) is 0 Å². The number of hydrogen-bond acceptors (Lipinski definition) is 4. The number of hydrogen-bond donors (Lipinski definition) is 1. The highest BCUT2D eigenvalue weighted by atomic mass is 16.5. The van der Waals surface area contributed by atoms with Gasteiger partial charge in [-0.2, -0.15) is 0 Å². The fourth-order valence-electron chi connectivity index (χ4n) is 2.42. The highest BCUT2D eigenvalue weighted by Gasteiger charge is 2.12. The second-order valence-electron chi connectivity index (χ2n) is 5.38. The third-order valence-electron chi connectivity index (χ3n) is 3.45. The van der Waals surface area contributed by atoms with Gasteiger partial charge in [0.25, 0.3) is 0 Å². The summed E-state index contributed by atoms with van der Waals surface area (Å²) in [5, 5.41) is 10.1. The minimum absolute atomic E-state index is 0.261. The minimum atomic E-state index is -0.261. The maximum atomic E-state index is 10.1. The molecule has 0 heterocycles. The van der Waals surface area contributed by atoms with E-state index in [0.717, 1.165) is 44.7 Å². The fraction of sp³-hybridized carbons (Fsp3) is 0.647. The highest BCUT2D eigenvalue weighted by molar-refractivity contribution is 5.28. The third kappa shape index (κ3) is 7.46. The lowest BCUT2D eigenvalue weighted by molar-refractivity contribution is 0.0929. The molecule has 1 aromatic rings. The number of rotatable bonds is 11. The van der Waals surface area contributed by atoms with E-state index in [4.69, 9.17) is 9.47 Å². The summed E-state index contributed by atoms with van der Waals surface area (Å²) >= 11 is 0. The van der Waals surface area contributed by atoms with Crippen LogP contribution in [0.2, 0.25) is 0 Å². The van der Waals surface area contributed by atoms with E-state index in [1.807, 2.05) is 12.1 Å². The van der Waals surface area contributed by atoms with Crippen LogP contribution >= 0.6 is 0 Å². The molecule has 1 rings (SSSR count). The Morgan fingerprint density at radius 2 is 2.10 bits per heavy atom. The lowest BCUT2D eigenvalue weighted by atomic mass is 10.1. The smallest absolute Gasteiger partial charge is 0.119 e. The van der Waals surface area contributed by atoms with Crippen molar-refractivity contribution < 1.29 is 14.6 Å². The van der Waals surface area contributed by atoms with E-state index in [9.17, 15) is 5.11 Å². The molecule has 0 saturated carbocycles. The zero-order valence-corrected chi connectivity index (χ0v) is 13.5. The summed E-state index contributed by atoms with van der Waals surface area (Å²) in [6.45, 7) is 5.29.